The van der Waals surface area contributed by atoms with Crippen LogP contribution in [0.1, 0.15) is 23.2 Å². The number of aryl methyl sites for hydroxylation is 2. The van der Waals surface area contributed by atoms with E-state index in [4.69, 9.17) is 11.6 Å². The number of hydrogen-bond donors (Lipinski definition) is 1. The number of carbonyl (C=O) groups is 1. The molecule has 0 saturated carbocycles. The maximum Gasteiger partial charge on any atom is 0.417 e. The largest absolute Gasteiger partial charge is 0.417 e. The number of benzene rings is 1. The van der Waals surface area contributed by atoms with Crippen LogP contribution in [0.15, 0.2) is 36.7 Å². The van der Waals surface area contributed by atoms with Crippen LogP contribution in [0.3, 0.4) is 0 Å². The van der Waals surface area contributed by atoms with Gasteiger partial charge in [0.15, 0.2) is 5.65 Å². The zero-order chi connectivity index (χ0) is 24.8. The summed E-state index contributed by atoms with van der Waals surface area (Å²) >= 11 is 5.60. The first-order valence-electron chi connectivity index (χ1n) is 9.76. The van der Waals surface area contributed by atoms with Gasteiger partial charge < -0.3 is 5.32 Å². The number of fused-ring (bicyclic) bond motifs is 1. The quantitative estimate of drug-likeness (QED) is 0.374. The Balaban J connectivity index is 1.70. The molecule has 0 aliphatic carbocycles. The van der Waals surface area contributed by atoms with Gasteiger partial charge in [0.05, 0.1) is 33.6 Å². The average Bonchev–Trinajstić information content (AvgIpc) is 3.31. The standard InChI is InChI=1S/C21H16ClF5N6O/c1-10-18-13(19(23)24)6-16(11-7-28-32(2)8-11)30-20(18)33(31-10)9-17(34)29-12-3-4-15(22)14(5-12)21(25,26)27/h3-8,19H,9H2,1-2H3,(H,29,34). The predicted octanol–water partition coefficient (Wildman–Crippen LogP) is 5.39. The van der Waals surface area contributed by atoms with Crippen molar-refractivity contribution in [2.45, 2.75) is 26.1 Å². The molecule has 0 radical (unpaired) electrons. The molecule has 34 heavy (non-hydrogen) atoms. The molecule has 0 fully saturated rings. The Bertz CT molecular complexity index is 1390. The highest BCUT2D eigenvalue weighted by atomic mass is 35.5. The summed E-state index contributed by atoms with van der Waals surface area (Å²) in [7, 11) is 1.66. The number of rotatable bonds is 5. The first-order valence-corrected chi connectivity index (χ1v) is 10.1. The molecule has 13 heteroatoms. The minimum atomic E-state index is -4.70. The molecule has 1 amide bonds. The SMILES string of the molecule is Cc1nn(CC(=O)Nc2ccc(Cl)c(C(F)(F)F)c2)c2nc(-c3cnn(C)c3)cc(C(F)F)c12. The summed E-state index contributed by atoms with van der Waals surface area (Å²) in [6.07, 6.45) is -4.47. The van der Waals surface area contributed by atoms with Crippen LogP contribution in [0.25, 0.3) is 22.3 Å². The molecule has 4 aromatic rings. The second-order valence-corrected chi connectivity index (χ2v) is 7.89. The van der Waals surface area contributed by atoms with E-state index in [1.54, 1.807) is 13.2 Å². The number of anilines is 1. The number of nitrogens with zero attached hydrogens (tertiary/aromatic N) is 5. The fourth-order valence-corrected chi connectivity index (χ4v) is 3.75. The topological polar surface area (TPSA) is 77.6 Å². The number of alkyl halides is 5. The van der Waals surface area contributed by atoms with E-state index < -0.39 is 35.6 Å². The summed E-state index contributed by atoms with van der Waals surface area (Å²) in [5.74, 6) is -0.730. The van der Waals surface area contributed by atoms with Crippen molar-refractivity contribution in [3.8, 4) is 11.3 Å². The van der Waals surface area contributed by atoms with Crippen molar-refractivity contribution in [3.05, 3.63) is 58.5 Å². The molecule has 0 aliphatic rings. The van der Waals surface area contributed by atoms with Crippen molar-refractivity contribution in [3.63, 3.8) is 0 Å². The van der Waals surface area contributed by atoms with E-state index in [9.17, 15) is 26.7 Å². The highest BCUT2D eigenvalue weighted by molar-refractivity contribution is 6.31. The van der Waals surface area contributed by atoms with Crippen molar-refractivity contribution in [1.29, 1.82) is 0 Å². The Morgan fingerprint density at radius 2 is 1.97 bits per heavy atom. The van der Waals surface area contributed by atoms with Crippen molar-refractivity contribution >= 4 is 34.2 Å². The van der Waals surface area contributed by atoms with Gasteiger partial charge in [-0.2, -0.15) is 23.4 Å². The second-order valence-electron chi connectivity index (χ2n) is 7.48. The number of pyridine rings is 1. The van der Waals surface area contributed by atoms with Gasteiger partial charge in [-0.3, -0.25) is 9.48 Å². The smallest absolute Gasteiger partial charge is 0.324 e. The highest BCUT2D eigenvalue weighted by Gasteiger charge is 2.33. The third-order valence-electron chi connectivity index (χ3n) is 4.99. The maximum absolute atomic E-state index is 13.8. The van der Waals surface area contributed by atoms with E-state index in [1.807, 2.05) is 0 Å². The Labute approximate surface area is 194 Å². The lowest BCUT2D eigenvalue weighted by Crippen LogP contribution is -2.20. The molecule has 1 N–H and O–H groups in total. The number of hydrogen-bond acceptors (Lipinski definition) is 4. The monoisotopic (exact) mass is 498 g/mol. The summed E-state index contributed by atoms with van der Waals surface area (Å²) in [6, 6.07) is 4.19. The summed E-state index contributed by atoms with van der Waals surface area (Å²) in [5.41, 5.74) is -0.568. The van der Waals surface area contributed by atoms with Gasteiger partial charge in [-0.05, 0) is 31.2 Å². The normalized spacial score (nSPS) is 12.0. The van der Waals surface area contributed by atoms with E-state index >= 15 is 0 Å². The molecule has 1 aromatic carbocycles. The van der Waals surface area contributed by atoms with Crippen LogP contribution in [-0.2, 0) is 24.6 Å². The van der Waals surface area contributed by atoms with E-state index in [0.717, 1.165) is 10.7 Å². The van der Waals surface area contributed by atoms with Crippen molar-refractivity contribution in [1.82, 2.24) is 24.5 Å². The third-order valence-corrected chi connectivity index (χ3v) is 5.32. The van der Waals surface area contributed by atoms with E-state index in [1.165, 1.54) is 29.9 Å². The Kier molecular flexibility index (Phi) is 6.02. The molecule has 178 valence electrons. The number of nitrogens with one attached hydrogen (secondary N) is 1. The first kappa shape index (κ1) is 23.6. The molecule has 0 bridgehead atoms. The molecule has 0 spiro atoms. The van der Waals surface area contributed by atoms with Gasteiger partial charge in [0.2, 0.25) is 5.91 Å². The van der Waals surface area contributed by atoms with Crippen LogP contribution in [0, 0.1) is 6.92 Å². The van der Waals surface area contributed by atoms with E-state index in [0.29, 0.717) is 11.6 Å². The minimum absolute atomic E-state index is 0.0383. The van der Waals surface area contributed by atoms with Gasteiger partial charge in [-0.15, -0.1) is 0 Å². The van der Waals surface area contributed by atoms with Crippen molar-refractivity contribution in [2.75, 3.05) is 5.32 Å². The molecule has 0 saturated heterocycles. The average molecular weight is 499 g/mol. The zero-order valence-corrected chi connectivity index (χ0v) is 18.4. The maximum atomic E-state index is 13.8. The Hall–Kier alpha value is -3.54. The lowest BCUT2D eigenvalue weighted by atomic mass is 10.1. The number of halogens is 6. The number of amides is 1. The predicted molar refractivity (Wildman–Crippen MR) is 115 cm³/mol. The van der Waals surface area contributed by atoms with Crippen LogP contribution in [0.5, 0.6) is 0 Å². The van der Waals surface area contributed by atoms with Crippen LogP contribution < -0.4 is 5.32 Å². The Morgan fingerprint density at radius 3 is 2.59 bits per heavy atom. The molecule has 0 atom stereocenters. The van der Waals surface area contributed by atoms with Crippen LogP contribution in [0.2, 0.25) is 5.02 Å². The van der Waals surface area contributed by atoms with Gasteiger partial charge >= 0.3 is 6.18 Å². The van der Waals surface area contributed by atoms with E-state index in [-0.39, 0.29) is 33.7 Å². The molecule has 7 nitrogen and oxygen atoms in total. The van der Waals surface area contributed by atoms with Crippen LogP contribution >= 0.6 is 11.6 Å². The minimum Gasteiger partial charge on any atom is -0.324 e. The third kappa shape index (κ3) is 4.58. The molecule has 0 unspecified atom stereocenters. The van der Waals surface area contributed by atoms with Gasteiger partial charge in [-0.1, -0.05) is 11.6 Å². The van der Waals surface area contributed by atoms with Crippen molar-refractivity contribution in [2.24, 2.45) is 7.05 Å². The first-order chi connectivity index (χ1) is 15.9. The van der Waals surface area contributed by atoms with Crippen LogP contribution in [-0.4, -0.2) is 30.5 Å². The summed E-state index contributed by atoms with van der Waals surface area (Å²) in [4.78, 5) is 17.0. The van der Waals surface area contributed by atoms with Crippen molar-refractivity contribution < 1.29 is 26.7 Å². The second kappa shape index (κ2) is 8.67. The molecular formula is C21H16ClF5N6O. The fraction of sp³-hybridized carbons (Fsp3) is 0.238. The number of carbonyl (C=O) groups excluding carboxylic acids is 1. The molecule has 0 aliphatic heterocycles. The number of aromatic nitrogens is 5. The molecular weight excluding hydrogens is 483 g/mol. The lowest BCUT2D eigenvalue weighted by molar-refractivity contribution is -0.137. The summed E-state index contributed by atoms with van der Waals surface area (Å²) in [5, 5.41) is 10.1. The van der Waals surface area contributed by atoms with E-state index in [2.05, 4.69) is 20.5 Å². The zero-order valence-electron chi connectivity index (χ0n) is 17.7. The molecule has 3 aromatic heterocycles. The fourth-order valence-electron chi connectivity index (χ4n) is 3.53. The Morgan fingerprint density at radius 1 is 1.24 bits per heavy atom. The lowest BCUT2D eigenvalue weighted by Gasteiger charge is -2.12. The highest BCUT2D eigenvalue weighted by Crippen LogP contribution is 2.36. The van der Waals surface area contributed by atoms with Gasteiger partial charge in [0, 0.05) is 30.1 Å². The van der Waals surface area contributed by atoms with Crippen LogP contribution in [0.4, 0.5) is 27.6 Å². The molecule has 4 rings (SSSR count). The molecule has 3 heterocycles. The summed E-state index contributed by atoms with van der Waals surface area (Å²) in [6.45, 7) is 1.03. The summed E-state index contributed by atoms with van der Waals surface area (Å²) < 4.78 is 69.5. The van der Waals surface area contributed by atoms with Gasteiger partial charge in [-0.25, -0.2) is 18.4 Å². The van der Waals surface area contributed by atoms with Gasteiger partial charge in [0.25, 0.3) is 6.43 Å². The van der Waals surface area contributed by atoms with Gasteiger partial charge in [0.1, 0.15) is 6.54 Å².